The summed E-state index contributed by atoms with van der Waals surface area (Å²) in [6.07, 6.45) is 0.273. The number of nitrogens with zero attached hydrogens (tertiary/aromatic N) is 1. The summed E-state index contributed by atoms with van der Waals surface area (Å²) in [5.41, 5.74) is 3.12. The summed E-state index contributed by atoms with van der Waals surface area (Å²) in [7, 11) is 1.62. The minimum absolute atomic E-state index is 0.166. The Morgan fingerprint density at radius 2 is 2.12 bits per heavy atom. The summed E-state index contributed by atoms with van der Waals surface area (Å²) in [6.45, 7) is 3.72. The molecule has 0 aliphatic carbocycles. The second-order valence-electron chi connectivity index (χ2n) is 8.27. The molecule has 1 unspecified atom stereocenters. The van der Waals surface area contributed by atoms with Gasteiger partial charge in [-0.3, -0.25) is 9.59 Å². The van der Waals surface area contributed by atoms with Crippen molar-refractivity contribution in [1.29, 1.82) is 0 Å². The molecule has 6 nitrogen and oxygen atoms in total. The molecule has 0 spiro atoms. The first-order valence-corrected chi connectivity index (χ1v) is 12.0. The van der Waals surface area contributed by atoms with Crippen LogP contribution in [0.15, 0.2) is 22.3 Å². The Hall–Kier alpha value is -1.90. The number of hydrogen-bond acceptors (Lipinski definition) is 5. The van der Waals surface area contributed by atoms with Crippen molar-refractivity contribution in [2.75, 3.05) is 26.9 Å². The predicted molar refractivity (Wildman–Crippen MR) is 126 cm³/mol. The van der Waals surface area contributed by atoms with Gasteiger partial charge in [-0.25, -0.2) is 0 Å². The van der Waals surface area contributed by atoms with Crippen molar-refractivity contribution in [1.82, 2.24) is 9.88 Å². The van der Waals surface area contributed by atoms with E-state index in [1.807, 2.05) is 24.4 Å². The van der Waals surface area contributed by atoms with E-state index >= 15 is 0 Å². The smallest absolute Gasteiger partial charge is 0.256 e. The number of methoxy groups -OCH3 is 1. The Balaban J connectivity index is 1.54. The van der Waals surface area contributed by atoms with E-state index in [0.29, 0.717) is 52.9 Å². The van der Waals surface area contributed by atoms with Crippen LogP contribution in [-0.4, -0.2) is 42.7 Å². The third-order valence-corrected chi connectivity index (χ3v) is 8.12. The van der Waals surface area contributed by atoms with Gasteiger partial charge in [-0.1, -0.05) is 23.2 Å². The lowest BCUT2D eigenvalue weighted by Gasteiger charge is -2.35. The molecule has 0 bridgehead atoms. The number of carbonyl (C=O) groups is 1. The van der Waals surface area contributed by atoms with E-state index in [-0.39, 0.29) is 30.0 Å². The number of H-pyrrole nitrogens is 1. The van der Waals surface area contributed by atoms with Crippen molar-refractivity contribution in [2.24, 2.45) is 5.92 Å². The first kappa shape index (κ1) is 21.9. The number of amides is 1. The van der Waals surface area contributed by atoms with E-state index < -0.39 is 0 Å². The van der Waals surface area contributed by atoms with E-state index in [1.54, 1.807) is 12.0 Å². The largest absolute Gasteiger partial charge is 0.380 e. The van der Waals surface area contributed by atoms with Crippen molar-refractivity contribution in [2.45, 2.75) is 26.0 Å². The molecule has 1 fully saturated rings. The molecule has 1 atom stereocenters. The average Bonchev–Trinajstić information content (AvgIpc) is 3.22. The van der Waals surface area contributed by atoms with Crippen LogP contribution in [0.3, 0.4) is 0 Å². The number of fused-ring (bicyclic) bond motifs is 2. The number of carbonyl (C=O) groups excluding carboxylic acids is 1. The van der Waals surface area contributed by atoms with Crippen molar-refractivity contribution in [3.63, 3.8) is 0 Å². The van der Waals surface area contributed by atoms with Gasteiger partial charge in [-0.05, 0) is 36.4 Å². The van der Waals surface area contributed by atoms with Gasteiger partial charge in [0.1, 0.15) is 0 Å². The van der Waals surface area contributed by atoms with Gasteiger partial charge in [-0.15, -0.1) is 11.3 Å². The normalized spacial score (nSPS) is 17.5. The quantitative estimate of drug-likeness (QED) is 0.558. The molecule has 0 saturated carbocycles. The number of aromatic amines is 1. The molecule has 3 aromatic rings. The highest BCUT2D eigenvalue weighted by Crippen LogP contribution is 2.42. The van der Waals surface area contributed by atoms with Crippen molar-refractivity contribution in [3.05, 3.63) is 65.9 Å². The van der Waals surface area contributed by atoms with Crippen molar-refractivity contribution >= 4 is 50.5 Å². The predicted octanol–water partition coefficient (Wildman–Crippen LogP) is 4.74. The van der Waals surface area contributed by atoms with E-state index in [0.717, 1.165) is 21.3 Å². The van der Waals surface area contributed by atoms with Gasteiger partial charge in [0.05, 0.1) is 42.0 Å². The SMILES string of the molecule is COC(c1cc(Cl)c2c(c1Cl)C(=O)N(Cc1c(=O)[nH]c(C)c3ccsc13)CC2)C1COC1. The number of pyridine rings is 1. The van der Waals surface area contributed by atoms with Gasteiger partial charge in [-0.2, -0.15) is 0 Å². The molecule has 2 aliphatic heterocycles. The second-order valence-corrected chi connectivity index (χ2v) is 9.97. The van der Waals surface area contributed by atoms with Crippen molar-refractivity contribution < 1.29 is 14.3 Å². The van der Waals surface area contributed by atoms with Crippen LogP contribution in [0.5, 0.6) is 0 Å². The highest BCUT2D eigenvalue weighted by atomic mass is 35.5. The minimum Gasteiger partial charge on any atom is -0.380 e. The number of hydrogen-bond donors (Lipinski definition) is 1. The van der Waals surface area contributed by atoms with Gasteiger partial charge in [0, 0.05) is 45.9 Å². The number of rotatable bonds is 5. The Morgan fingerprint density at radius 1 is 1.34 bits per heavy atom. The Morgan fingerprint density at radius 3 is 2.81 bits per heavy atom. The fourth-order valence-electron chi connectivity index (χ4n) is 4.61. The number of benzene rings is 1. The fourth-order valence-corrected chi connectivity index (χ4v) is 6.26. The number of aromatic nitrogens is 1. The Kier molecular flexibility index (Phi) is 5.80. The van der Waals surface area contributed by atoms with Crippen LogP contribution in [0.25, 0.3) is 10.1 Å². The van der Waals surface area contributed by atoms with Crippen LogP contribution in [0.1, 0.15) is 38.8 Å². The lowest BCUT2D eigenvalue weighted by molar-refractivity contribution is -0.105. The maximum absolute atomic E-state index is 13.6. The number of nitrogens with one attached hydrogen (secondary N) is 1. The van der Waals surface area contributed by atoms with E-state index in [1.165, 1.54) is 11.3 Å². The summed E-state index contributed by atoms with van der Waals surface area (Å²) < 4.78 is 11.9. The highest BCUT2D eigenvalue weighted by molar-refractivity contribution is 7.17. The van der Waals surface area contributed by atoms with Crippen LogP contribution < -0.4 is 5.56 Å². The van der Waals surface area contributed by atoms with E-state index in [9.17, 15) is 9.59 Å². The highest BCUT2D eigenvalue weighted by Gasteiger charge is 2.36. The third kappa shape index (κ3) is 3.47. The molecule has 4 heterocycles. The molecule has 5 rings (SSSR count). The lowest BCUT2D eigenvalue weighted by atomic mass is 9.89. The minimum atomic E-state index is -0.298. The molecule has 1 amide bonds. The van der Waals surface area contributed by atoms with Gasteiger partial charge < -0.3 is 19.4 Å². The van der Waals surface area contributed by atoms with Crippen LogP contribution in [-0.2, 0) is 22.4 Å². The standard InChI is InChI=1S/C23H22Cl2N2O4S/c1-11-13-4-6-32-21(13)16(22(28)26-11)8-27-5-3-14-17(24)7-15(19(25)18(14)23(27)29)20(30-2)12-9-31-10-12/h4,6-7,12,20H,3,5,8-10H2,1-2H3,(H,26,28). The van der Waals surface area contributed by atoms with Gasteiger partial charge in [0.2, 0.25) is 0 Å². The third-order valence-electron chi connectivity index (χ3n) is 6.40. The monoisotopic (exact) mass is 492 g/mol. The zero-order valence-electron chi connectivity index (χ0n) is 17.7. The van der Waals surface area contributed by atoms with Crippen molar-refractivity contribution in [3.8, 4) is 0 Å². The van der Waals surface area contributed by atoms with E-state index in [4.69, 9.17) is 32.7 Å². The molecule has 2 aromatic heterocycles. The molecule has 9 heteroatoms. The summed E-state index contributed by atoms with van der Waals surface area (Å²) >= 11 is 14.9. The Bertz CT molecular complexity index is 1280. The zero-order valence-corrected chi connectivity index (χ0v) is 20.0. The summed E-state index contributed by atoms with van der Waals surface area (Å²) in [6, 6.07) is 3.80. The first-order chi connectivity index (χ1) is 15.4. The van der Waals surface area contributed by atoms with Crippen LogP contribution in [0.4, 0.5) is 0 Å². The molecule has 0 radical (unpaired) electrons. The molecule has 1 N–H and O–H groups in total. The number of halogens is 2. The first-order valence-electron chi connectivity index (χ1n) is 10.4. The summed E-state index contributed by atoms with van der Waals surface area (Å²) in [5.74, 6) is -0.0518. The number of aryl methyl sites for hydroxylation is 1. The average molecular weight is 493 g/mol. The molecule has 1 aromatic carbocycles. The summed E-state index contributed by atoms with van der Waals surface area (Å²) in [4.78, 5) is 30.9. The number of thiophene rings is 1. The van der Waals surface area contributed by atoms with Crippen LogP contribution in [0.2, 0.25) is 10.0 Å². The topological polar surface area (TPSA) is 71.6 Å². The van der Waals surface area contributed by atoms with E-state index in [2.05, 4.69) is 4.98 Å². The summed E-state index contributed by atoms with van der Waals surface area (Å²) in [5, 5.41) is 3.85. The zero-order chi connectivity index (χ0) is 22.6. The molecule has 32 heavy (non-hydrogen) atoms. The van der Waals surface area contributed by atoms with Gasteiger partial charge >= 0.3 is 0 Å². The maximum Gasteiger partial charge on any atom is 0.256 e. The molecular weight excluding hydrogens is 471 g/mol. The second kappa shape index (κ2) is 8.47. The van der Waals surface area contributed by atoms with Gasteiger partial charge in [0.15, 0.2) is 0 Å². The Labute approximate surface area is 199 Å². The lowest BCUT2D eigenvalue weighted by Crippen LogP contribution is -2.39. The number of ether oxygens (including phenoxy) is 2. The van der Waals surface area contributed by atoms with Crippen LogP contribution in [0, 0.1) is 12.8 Å². The maximum atomic E-state index is 13.6. The van der Waals surface area contributed by atoms with Gasteiger partial charge in [0.25, 0.3) is 11.5 Å². The molecule has 168 valence electrons. The molecular formula is C23H22Cl2N2O4S. The van der Waals surface area contributed by atoms with Crippen LogP contribution >= 0.6 is 34.5 Å². The fraction of sp³-hybridized carbons (Fsp3) is 0.391. The molecule has 1 saturated heterocycles. The molecule has 2 aliphatic rings.